The largest absolute Gasteiger partial charge is 0.469 e. The molecule has 0 radical (unpaired) electrons. The third-order valence-electron chi connectivity index (χ3n) is 5.66. The quantitative estimate of drug-likeness (QED) is 0.717. The maximum Gasteiger partial charge on any atom is 0.310 e. The first-order valence-electron chi connectivity index (χ1n) is 10.3. The molecule has 0 aliphatic carbocycles. The van der Waals surface area contributed by atoms with Crippen molar-refractivity contribution < 1.29 is 19.1 Å². The third kappa shape index (κ3) is 4.72. The zero-order chi connectivity index (χ0) is 22.5. The summed E-state index contributed by atoms with van der Waals surface area (Å²) < 4.78 is 10.1. The van der Waals surface area contributed by atoms with Gasteiger partial charge in [0, 0.05) is 24.7 Å². The lowest BCUT2D eigenvalue weighted by molar-refractivity contribution is -0.160. The van der Waals surface area contributed by atoms with Crippen molar-refractivity contribution in [2.24, 2.45) is 17.6 Å². The highest BCUT2D eigenvalue weighted by molar-refractivity contribution is 5.77. The first kappa shape index (κ1) is 22.4. The summed E-state index contributed by atoms with van der Waals surface area (Å²) in [5.41, 5.74) is 8.77. The fourth-order valence-corrected chi connectivity index (χ4v) is 4.30. The minimum absolute atomic E-state index is 0.144. The van der Waals surface area contributed by atoms with Gasteiger partial charge < -0.3 is 15.2 Å². The Morgan fingerprint density at radius 3 is 2.48 bits per heavy atom. The van der Waals surface area contributed by atoms with Crippen LogP contribution in [-0.2, 0) is 19.1 Å². The monoisotopic (exact) mass is 424 g/mol. The van der Waals surface area contributed by atoms with E-state index in [0.717, 1.165) is 11.3 Å². The van der Waals surface area contributed by atoms with E-state index < -0.39 is 11.8 Å². The van der Waals surface area contributed by atoms with E-state index in [-0.39, 0.29) is 24.5 Å². The van der Waals surface area contributed by atoms with Crippen LogP contribution in [0.3, 0.4) is 0 Å². The zero-order valence-electron chi connectivity index (χ0n) is 18.1. The number of ether oxygens (including phenoxy) is 2. The number of hydrogen-bond acceptors (Lipinski definition) is 8. The van der Waals surface area contributed by atoms with Crippen LogP contribution in [0.5, 0.6) is 0 Å². The van der Waals surface area contributed by atoms with Gasteiger partial charge >= 0.3 is 11.9 Å². The van der Waals surface area contributed by atoms with Gasteiger partial charge in [-0.2, -0.15) is 5.26 Å². The number of benzene rings is 1. The normalized spacial score (nSPS) is 23.9. The van der Waals surface area contributed by atoms with Crippen LogP contribution in [0, 0.1) is 23.2 Å². The van der Waals surface area contributed by atoms with E-state index in [1.54, 1.807) is 13.0 Å². The van der Waals surface area contributed by atoms with E-state index in [1.807, 2.05) is 47.3 Å². The van der Waals surface area contributed by atoms with Gasteiger partial charge in [0.25, 0.3) is 0 Å². The van der Waals surface area contributed by atoms with Crippen molar-refractivity contribution in [3.63, 3.8) is 0 Å². The Morgan fingerprint density at radius 2 is 1.87 bits per heavy atom. The van der Waals surface area contributed by atoms with Crippen molar-refractivity contribution in [2.75, 3.05) is 26.8 Å². The Hall–Kier alpha value is -3.31. The Balaban J connectivity index is 1.88. The number of methoxy groups -OCH3 is 1. The topological polar surface area (TPSA) is 109 Å². The van der Waals surface area contributed by atoms with Crippen molar-refractivity contribution in [3.05, 3.63) is 59.1 Å². The molecule has 3 atom stereocenters. The second kappa shape index (κ2) is 9.67. The lowest BCUT2D eigenvalue weighted by atomic mass is 9.89. The Bertz CT molecular complexity index is 929. The fourth-order valence-electron chi connectivity index (χ4n) is 4.30. The average molecular weight is 425 g/mol. The van der Waals surface area contributed by atoms with Crippen molar-refractivity contribution in [2.45, 2.75) is 26.2 Å². The predicted molar refractivity (Wildman–Crippen MR) is 114 cm³/mol. The van der Waals surface area contributed by atoms with Gasteiger partial charge in [0.05, 0.1) is 37.2 Å². The number of rotatable bonds is 5. The highest BCUT2D eigenvalue weighted by Crippen LogP contribution is 2.34. The molecule has 0 saturated carbocycles. The van der Waals surface area contributed by atoms with E-state index in [4.69, 9.17) is 15.2 Å². The molecule has 0 amide bonds. The number of nitriles is 1. The molecule has 164 valence electrons. The lowest BCUT2D eigenvalue weighted by Gasteiger charge is -2.44. The van der Waals surface area contributed by atoms with Crippen LogP contribution in [0.25, 0.3) is 0 Å². The molecule has 1 fully saturated rings. The van der Waals surface area contributed by atoms with Crippen molar-refractivity contribution in [3.8, 4) is 6.07 Å². The number of nitrogens with two attached hydrogens (primary N) is 1. The maximum atomic E-state index is 12.4. The van der Waals surface area contributed by atoms with Gasteiger partial charge in [0.2, 0.25) is 0 Å². The zero-order valence-corrected chi connectivity index (χ0v) is 18.1. The number of carbonyl (C=O) groups excluding carboxylic acids is 2. The summed E-state index contributed by atoms with van der Waals surface area (Å²) in [6.45, 7) is 4.72. The molecule has 2 aliphatic heterocycles. The first-order valence-corrected chi connectivity index (χ1v) is 10.3. The van der Waals surface area contributed by atoms with E-state index in [2.05, 4.69) is 6.07 Å². The third-order valence-corrected chi connectivity index (χ3v) is 5.66. The minimum atomic E-state index is -0.467. The first-order chi connectivity index (χ1) is 14.9. The van der Waals surface area contributed by atoms with Gasteiger partial charge in [-0.05, 0) is 38.0 Å². The van der Waals surface area contributed by atoms with Crippen LogP contribution in [-0.4, -0.2) is 48.8 Å². The van der Waals surface area contributed by atoms with Crippen molar-refractivity contribution >= 4 is 11.9 Å². The van der Waals surface area contributed by atoms with E-state index in [9.17, 15) is 14.9 Å². The molecule has 3 rings (SSSR count). The molecular formula is C23H28N4O4. The Morgan fingerprint density at radius 1 is 1.19 bits per heavy atom. The minimum Gasteiger partial charge on any atom is -0.469 e. The van der Waals surface area contributed by atoms with Gasteiger partial charge in [-0.1, -0.05) is 24.3 Å². The smallest absolute Gasteiger partial charge is 0.310 e. The molecule has 0 spiro atoms. The van der Waals surface area contributed by atoms with Crippen molar-refractivity contribution in [1.29, 1.82) is 5.26 Å². The van der Waals surface area contributed by atoms with Crippen molar-refractivity contribution in [1.82, 2.24) is 10.0 Å². The van der Waals surface area contributed by atoms with Gasteiger partial charge in [0.1, 0.15) is 5.82 Å². The number of esters is 2. The Labute approximate surface area is 182 Å². The van der Waals surface area contributed by atoms with Gasteiger partial charge in [-0.3, -0.25) is 14.6 Å². The van der Waals surface area contributed by atoms with Gasteiger partial charge in [0.15, 0.2) is 0 Å². The highest BCUT2D eigenvalue weighted by Gasteiger charge is 2.39. The number of carbonyl (C=O) groups is 2. The summed E-state index contributed by atoms with van der Waals surface area (Å²) >= 11 is 0. The molecule has 1 aromatic carbocycles. The summed E-state index contributed by atoms with van der Waals surface area (Å²) in [6.07, 6.45) is 4.28. The van der Waals surface area contributed by atoms with Crippen LogP contribution < -0.4 is 5.73 Å². The molecule has 0 aromatic heterocycles. The fraction of sp³-hybridized carbons (Fsp3) is 0.435. The highest BCUT2D eigenvalue weighted by atomic mass is 16.5. The number of hydrogen-bond donors (Lipinski definition) is 1. The van der Waals surface area contributed by atoms with Gasteiger partial charge in [-0.15, -0.1) is 0 Å². The maximum absolute atomic E-state index is 12.4. The standard InChI is InChI=1S/C23H28N4O4/c1-4-31-23(29)19-10-18(22(28)30-3)13-26(14-19)27-15(2)9-17(11-21(27)25)20-8-6-5-7-16(20)12-24/h5-9,11,17-19H,4,10,13-14,25H2,1-3H3. The molecule has 8 nitrogen and oxygen atoms in total. The molecule has 2 aliphatic rings. The number of hydrazine groups is 1. The summed E-state index contributed by atoms with van der Waals surface area (Å²) in [4.78, 5) is 24.7. The summed E-state index contributed by atoms with van der Waals surface area (Å²) in [6, 6.07) is 9.65. The number of allylic oxidation sites excluding steroid dienone is 3. The number of piperidine rings is 1. The second-order valence-corrected chi connectivity index (χ2v) is 7.71. The SMILES string of the molecule is CCOC(=O)C1CC(C(=O)OC)CN(N2C(C)=CC(c3ccccc3C#N)C=C2N)C1. The molecule has 0 bridgehead atoms. The molecule has 2 heterocycles. The summed E-state index contributed by atoms with van der Waals surface area (Å²) in [5.74, 6) is -1.29. The summed E-state index contributed by atoms with van der Waals surface area (Å²) in [5, 5.41) is 13.2. The van der Waals surface area contributed by atoms with Crippen LogP contribution in [0.4, 0.5) is 0 Å². The van der Waals surface area contributed by atoms with Crippen LogP contribution in [0.2, 0.25) is 0 Å². The molecule has 3 unspecified atom stereocenters. The molecule has 1 aromatic rings. The van der Waals surface area contributed by atoms with Crippen LogP contribution >= 0.6 is 0 Å². The van der Waals surface area contributed by atoms with Crippen LogP contribution in [0.1, 0.15) is 37.3 Å². The molecule has 8 heteroatoms. The second-order valence-electron chi connectivity index (χ2n) is 7.71. The lowest BCUT2D eigenvalue weighted by Crippen LogP contribution is -2.54. The molecule has 31 heavy (non-hydrogen) atoms. The predicted octanol–water partition coefficient (Wildman–Crippen LogP) is 2.25. The number of nitrogens with zero attached hydrogens (tertiary/aromatic N) is 3. The molecule has 2 N–H and O–H groups in total. The molecule has 1 saturated heterocycles. The average Bonchev–Trinajstić information content (AvgIpc) is 2.77. The molecular weight excluding hydrogens is 396 g/mol. The summed E-state index contributed by atoms with van der Waals surface area (Å²) in [7, 11) is 1.35. The van der Waals surface area contributed by atoms with E-state index >= 15 is 0 Å². The van der Waals surface area contributed by atoms with Gasteiger partial charge in [-0.25, -0.2) is 5.01 Å². The van der Waals surface area contributed by atoms with E-state index in [1.165, 1.54) is 7.11 Å². The van der Waals surface area contributed by atoms with E-state index in [0.29, 0.717) is 30.9 Å². The van der Waals surface area contributed by atoms with Crippen LogP contribution in [0.15, 0.2) is 47.9 Å². The Kier molecular flexibility index (Phi) is 6.98.